The lowest BCUT2D eigenvalue weighted by Crippen LogP contribution is -2.33. The zero-order valence-electron chi connectivity index (χ0n) is 19.3. The van der Waals surface area contributed by atoms with E-state index in [-0.39, 0.29) is 11.5 Å². The van der Waals surface area contributed by atoms with E-state index in [0.29, 0.717) is 35.5 Å². The summed E-state index contributed by atoms with van der Waals surface area (Å²) in [7, 11) is 1.80. The van der Waals surface area contributed by atoms with Crippen LogP contribution in [0.15, 0.2) is 89.9 Å². The molecule has 0 saturated heterocycles. The van der Waals surface area contributed by atoms with E-state index in [9.17, 15) is 9.59 Å². The number of aryl methyl sites for hydroxylation is 2. The van der Waals surface area contributed by atoms with Crippen molar-refractivity contribution in [3.05, 3.63) is 118 Å². The van der Waals surface area contributed by atoms with Crippen molar-refractivity contribution in [2.75, 3.05) is 6.54 Å². The van der Waals surface area contributed by atoms with Crippen LogP contribution >= 0.6 is 0 Å². The second-order valence-electron chi connectivity index (χ2n) is 8.58. The Morgan fingerprint density at radius 2 is 1.59 bits per heavy atom. The molecule has 0 radical (unpaired) electrons. The molecule has 3 aromatic heterocycles. The maximum absolute atomic E-state index is 13.8. The van der Waals surface area contributed by atoms with Crippen molar-refractivity contribution in [3.63, 3.8) is 0 Å². The first kappa shape index (κ1) is 21.6. The Balaban J connectivity index is 1.55. The van der Waals surface area contributed by atoms with Crippen molar-refractivity contribution in [2.45, 2.75) is 19.9 Å². The van der Waals surface area contributed by atoms with Crippen molar-refractivity contribution < 1.29 is 4.79 Å². The summed E-state index contributed by atoms with van der Waals surface area (Å²) in [6.45, 7) is 2.97. The van der Waals surface area contributed by atoms with Crippen LogP contribution in [-0.4, -0.2) is 31.3 Å². The van der Waals surface area contributed by atoms with Gasteiger partial charge in [0.2, 0.25) is 0 Å². The van der Waals surface area contributed by atoms with Crippen molar-refractivity contribution in [1.29, 1.82) is 0 Å². The van der Waals surface area contributed by atoms with Crippen LogP contribution in [0.4, 0.5) is 0 Å². The number of benzene rings is 2. The Bertz CT molecular complexity index is 1540. The fraction of sp³-hybridized carbons (Fsp3) is 0.179. The van der Waals surface area contributed by atoms with Gasteiger partial charge in [0.15, 0.2) is 0 Å². The van der Waals surface area contributed by atoms with Gasteiger partial charge in [0.25, 0.3) is 11.5 Å². The van der Waals surface area contributed by atoms with Crippen LogP contribution in [0.2, 0.25) is 0 Å². The topological polar surface area (TPSA) is 59.6 Å². The van der Waals surface area contributed by atoms with Crippen LogP contribution < -0.4 is 5.56 Å². The normalized spacial score (nSPS) is 11.2. The summed E-state index contributed by atoms with van der Waals surface area (Å²) in [6.07, 6.45) is 2.46. The van der Waals surface area contributed by atoms with Gasteiger partial charge >= 0.3 is 0 Å². The zero-order chi connectivity index (χ0) is 23.7. The highest BCUT2D eigenvalue weighted by atomic mass is 16.2. The molecular weight excluding hydrogens is 424 g/mol. The molecule has 0 saturated carbocycles. The minimum absolute atomic E-state index is 0.120. The van der Waals surface area contributed by atoms with Crippen LogP contribution in [0.3, 0.4) is 0 Å². The Hall–Kier alpha value is -4.19. The van der Waals surface area contributed by atoms with Gasteiger partial charge in [0, 0.05) is 26.3 Å². The molecule has 34 heavy (non-hydrogen) atoms. The average Bonchev–Trinajstić information content (AvgIpc) is 3.20. The first-order valence-electron chi connectivity index (χ1n) is 11.4. The highest BCUT2D eigenvalue weighted by Gasteiger charge is 2.23. The van der Waals surface area contributed by atoms with Gasteiger partial charge in [-0.25, -0.2) is 4.98 Å². The lowest BCUT2D eigenvalue weighted by Gasteiger charge is -2.23. The van der Waals surface area contributed by atoms with Gasteiger partial charge in [-0.1, -0.05) is 66.7 Å². The van der Waals surface area contributed by atoms with E-state index < -0.39 is 0 Å². The Kier molecular flexibility index (Phi) is 5.72. The molecule has 170 valence electrons. The van der Waals surface area contributed by atoms with Gasteiger partial charge in [0.1, 0.15) is 17.0 Å². The maximum Gasteiger partial charge on any atom is 0.270 e. The minimum Gasteiger partial charge on any atom is -0.333 e. The van der Waals surface area contributed by atoms with E-state index in [4.69, 9.17) is 4.98 Å². The molecule has 0 aliphatic rings. The van der Waals surface area contributed by atoms with Crippen LogP contribution in [0.1, 0.15) is 27.2 Å². The number of carbonyl (C=O) groups excluding carboxylic acids is 1. The molecule has 0 aliphatic heterocycles. The van der Waals surface area contributed by atoms with Crippen LogP contribution in [-0.2, 0) is 20.0 Å². The summed E-state index contributed by atoms with van der Waals surface area (Å²) < 4.78 is 3.29. The third-order valence-corrected chi connectivity index (χ3v) is 6.26. The number of hydrogen-bond donors (Lipinski definition) is 0. The number of rotatable bonds is 6. The second kappa shape index (κ2) is 8.98. The Labute approximate surface area is 197 Å². The van der Waals surface area contributed by atoms with E-state index in [0.717, 1.165) is 17.5 Å². The third-order valence-electron chi connectivity index (χ3n) is 6.26. The summed E-state index contributed by atoms with van der Waals surface area (Å²) in [4.78, 5) is 33.6. The zero-order valence-corrected chi connectivity index (χ0v) is 19.3. The maximum atomic E-state index is 13.8. The van der Waals surface area contributed by atoms with E-state index in [2.05, 4.69) is 12.1 Å². The average molecular weight is 451 g/mol. The second-order valence-corrected chi connectivity index (χ2v) is 8.58. The molecule has 0 fully saturated rings. The number of amides is 1. The van der Waals surface area contributed by atoms with E-state index in [1.807, 2.05) is 72.5 Å². The molecule has 6 nitrogen and oxygen atoms in total. The highest BCUT2D eigenvalue weighted by Crippen LogP contribution is 2.19. The third kappa shape index (κ3) is 3.99. The number of carbonyl (C=O) groups is 1. The summed E-state index contributed by atoms with van der Waals surface area (Å²) in [5, 5.41) is 0.441. The molecule has 0 atom stereocenters. The fourth-order valence-electron chi connectivity index (χ4n) is 4.36. The number of aromatic nitrogens is 3. The van der Waals surface area contributed by atoms with Crippen LogP contribution in [0.25, 0.3) is 16.7 Å². The molecule has 5 rings (SSSR count). The smallest absolute Gasteiger partial charge is 0.270 e. The number of pyridine rings is 1. The number of hydrogen-bond acceptors (Lipinski definition) is 3. The lowest BCUT2D eigenvalue weighted by molar-refractivity contribution is 0.0736. The molecule has 0 unspecified atom stereocenters. The first-order valence-corrected chi connectivity index (χ1v) is 11.4. The molecule has 6 heteroatoms. The highest BCUT2D eigenvalue weighted by molar-refractivity contribution is 5.98. The molecule has 1 amide bonds. The monoisotopic (exact) mass is 450 g/mol. The van der Waals surface area contributed by atoms with Gasteiger partial charge in [-0.15, -0.1) is 0 Å². The van der Waals surface area contributed by atoms with Crippen molar-refractivity contribution in [3.8, 4) is 0 Å². The predicted molar refractivity (Wildman–Crippen MR) is 134 cm³/mol. The van der Waals surface area contributed by atoms with Gasteiger partial charge in [-0.05, 0) is 42.2 Å². The van der Waals surface area contributed by atoms with Crippen molar-refractivity contribution in [2.24, 2.45) is 7.05 Å². The molecule has 0 aliphatic carbocycles. The Morgan fingerprint density at radius 3 is 2.29 bits per heavy atom. The van der Waals surface area contributed by atoms with Crippen LogP contribution in [0.5, 0.6) is 0 Å². The van der Waals surface area contributed by atoms with Crippen molar-refractivity contribution >= 4 is 22.6 Å². The van der Waals surface area contributed by atoms with Gasteiger partial charge in [-0.2, -0.15) is 0 Å². The van der Waals surface area contributed by atoms with E-state index >= 15 is 0 Å². The standard InChI is InChI=1S/C28H26N4O2/c1-20-10-9-16-32-25(20)29-26-23(27(32)33)18-24(30(26)2)28(34)31(19-22-13-7-4-8-14-22)17-15-21-11-5-3-6-12-21/h3-14,16,18H,15,17,19H2,1-2H3. The molecule has 3 heterocycles. The van der Waals surface area contributed by atoms with Gasteiger partial charge in [-0.3, -0.25) is 14.0 Å². The Morgan fingerprint density at radius 1 is 0.912 bits per heavy atom. The number of fused-ring (bicyclic) bond motifs is 2. The first-order chi connectivity index (χ1) is 16.5. The summed E-state index contributed by atoms with van der Waals surface area (Å²) in [6, 6.07) is 25.5. The quantitative estimate of drug-likeness (QED) is 0.386. The van der Waals surface area contributed by atoms with Gasteiger partial charge in [0.05, 0.1) is 5.39 Å². The van der Waals surface area contributed by atoms with Crippen molar-refractivity contribution in [1.82, 2.24) is 18.9 Å². The molecule has 2 aromatic carbocycles. The van der Waals surface area contributed by atoms with Gasteiger partial charge < -0.3 is 9.47 Å². The summed E-state index contributed by atoms with van der Waals surface area (Å²) >= 11 is 0. The molecule has 0 N–H and O–H groups in total. The molecule has 5 aromatic rings. The number of nitrogens with zero attached hydrogens (tertiary/aromatic N) is 4. The lowest BCUT2D eigenvalue weighted by atomic mass is 10.1. The summed E-state index contributed by atoms with van der Waals surface area (Å²) in [5.74, 6) is -0.120. The molecule has 0 bridgehead atoms. The SMILES string of the molecule is Cc1cccn2c(=O)c3cc(C(=O)N(CCc4ccccc4)Cc4ccccc4)n(C)c3nc12. The fourth-order valence-corrected chi connectivity index (χ4v) is 4.36. The molecular formula is C28H26N4O2. The van der Waals surface area contributed by atoms with E-state index in [1.54, 1.807) is 28.3 Å². The molecule has 0 spiro atoms. The van der Waals surface area contributed by atoms with Crippen LogP contribution in [0, 0.1) is 6.92 Å². The minimum atomic E-state index is -0.169. The predicted octanol–water partition coefficient (Wildman–Crippen LogP) is 4.38. The summed E-state index contributed by atoms with van der Waals surface area (Å²) in [5.41, 5.74) is 4.55. The van der Waals surface area contributed by atoms with E-state index in [1.165, 1.54) is 5.56 Å². The largest absolute Gasteiger partial charge is 0.333 e.